The largest absolute Gasteiger partial charge is 0.394 e. The van der Waals surface area contributed by atoms with Gasteiger partial charge < -0.3 is 20.5 Å². The summed E-state index contributed by atoms with van der Waals surface area (Å²) >= 11 is 0. The number of hydrogen-bond acceptors (Lipinski definition) is 3. The standard InChI is InChI=1S/C16H32N2O3/c1-11(2)9-14(10-19)18-16(20)17-13-5-7-15(8-6-13)21-12(3)4/h11-15,19H,5-10H2,1-4H3,(H2,17,18,20). The number of ether oxygens (including phenoxy) is 1. The Hall–Kier alpha value is -0.810. The van der Waals surface area contributed by atoms with Crippen molar-refractivity contribution in [2.45, 2.75) is 84.1 Å². The first-order valence-electron chi connectivity index (χ1n) is 8.24. The summed E-state index contributed by atoms with van der Waals surface area (Å²) in [7, 11) is 0. The lowest BCUT2D eigenvalue weighted by Crippen LogP contribution is -2.49. The van der Waals surface area contributed by atoms with E-state index in [-0.39, 0.29) is 30.8 Å². The first-order chi connectivity index (χ1) is 9.90. The van der Waals surface area contributed by atoms with Gasteiger partial charge in [-0.1, -0.05) is 13.8 Å². The molecule has 1 aliphatic carbocycles. The summed E-state index contributed by atoms with van der Waals surface area (Å²) in [5.41, 5.74) is 0. The van der Waals surface area contributed by atoms with Gasteiger partial charge in [-0.05, 0) is 51.9 Å². The van der Waals surface area contributed by atoms with Crippen molar-refractivity contribution in [3.05, 3.63) is 0 Å². The molecule has 1 saturated carbocycles. The van der Waals surface area contributed by atoms with Gasteiger partial charge in [-0.3, -0.25) is 0 Å². The lowest BCUT2D eigenvalue weighted by Gasteiger charge is -2.30. The number of carbonyl (C=O) groups is 1. The van der Waals surface area contributed by atoms with E-state index >= 15 is 0 Å². The van der Waals surface area contributed by atoms with Crippen LogP contribution in [0.15, 0.2) is 0 Å². The van der Waals surface area contributed by atoms with E-state index in [1.165, 1.54) is 0 Å². The number of nitrogens with one attached hydrogen (secondary N) is 2. The summed E-state index contributed by atoms with van der Waals surface area (Å²) in [6, 6.07) is -0.107. The van der Waals surface area contributed by atoms with Crippen LogP contribution < -0.4 is 10.6 Å². The second-order valence-electron chi connectivity index (χ2n) is 6.79. The number of hydrogen-bond donors (Lipinski definition) is 3. The zero-order chi connectivity index (χ0) is 15.8. The molecule has 1 fully saturated rings. The van der Waals surface area contributed by atoms with Gasteiger partial charge in [0.1, 0.15) is 0 Å². The number of amides is 2. The van der Waals surface area contributed by atoms with E-state index in [0.717, 1.165) is 32.1 Å². The summed E-state index contributed by atoms with van der Waals surface area (Å²) in [6.45, 7) is 8.26. The minimum absolute atomic E-state index is 0.0133. The second-order valence-corrected chi connectivity index (χ2v) is 6.79. The van der Waals surface area contributed by atoms with Crippen molar-refractivity contribution in [3.8, 4) is 0 Å². The Bertz CT molecular complexity index is 300. The third kappa shape index (κ3) is 7.67. The number of carbonyl (C=O) groups excluding carboxylic acids is 1. The lowest BCUT2D eigenvalue weighted by molar-refractivity contribution is -0.0156. The fraction of sp³-hybridized carbons (Fsp3) is 0.938. The monoisotopic (exact) mass is 300 g/mol. The molecule has 0 heterocycles. The highest BCUT2D eigenvalue weighted by Crippen LogP contribution is 2.22. The van der Waals surface area contributed by atoms with Gasteiger partial charge in [0.2, 0.25) is 0 Å². The molecule has 0 saturated heterocycles. The molecule has 21 heavy (non-hydrogen) atoms. The Morgan fingerprint density at radius 1 is 1.19 bits per heavy atom. The molecule has 0 spiro atoms. The highest BCUT2D eigenvalue weighted by molar-refractivity contribution is 5.74. The van der Waals surface area contributed by atoms with Gasteiger partial charge in [0, 0.05) is 6.04 Å². The van der Waals surface area contributed by atoms with Crippen LogP contribution in [0.1, 0.15) is 59.8 Å². The van der Waals surface area contributed by atoms with Crippen LogP contribution in [0, 0.1) is 5.92 Å². The van der Waals surface area contributed by atoms with Crippen molar-refractivity contribution < 1.29 is 14.6 Å². The maximum Gasteiger partial charge on any atom is 0.315 e. The van der Waals surface area contributed by atoms with Gasteiger partial charge in [-0.25, -0.2) is 4.79 Å². The second kappa shape index (κ2) is 9.26. The summed E-state index contributed by atoms with van der Waals surface area (Å²) < 4.78 is 5.81. The highest BCUT2D eigenvalue weighted by Gasteiger charge is 2.24. The Balaban J connectivity index is 2.26. The Labute approximate surface area is 128 Å². The first-order valence-corrected chi connectivity index (χ1v) is 8.24. The molecule has 1 unspecified atom stereocenters. The third-order valence-electron chi connectivity index (χ3n) is 3.79. The normalized spacial score (nSPS) is 24.1. The summed E-state index contributed by atoms with van der Waals surface area (Å²) in [5, 5.41) is 15.2. The SMILES string of the molecule is CC(C)CC(CO)NC(=O)NC1CCC(OC(C)C)CC1. The third-order valence-corrected chi connectivity index (χ3v) is 3.79. The topological polar surface area (TPSA) is 70.6 Å². The van der Waals surface area contributed by atoms with Crippen molar-refractivity contribution in [2.24, 2.45) is 5.92 Å². The Morgan fingerprint density at radius 3 is 2.29 bits per heavy atom. The minimum Gasteiger partial charge on any atom is -0.394 e. The summed E-state index contributed by atoms with van der Waals surface area (Å²) in [6.07, 6.45) is 5.30. The molecule has 0 radical (unpaired) electrons. The number of aliphatic hydroxyl groups excluding tert-OH is 1. The van der Waals surface area contributed by atoms with E-state index < -0.39 is 0 Å². The van der Waals surface area contributed by atoms with E-state index in [9.17, 15) is 9.90 Å². The zero-order valence-corrected chi connectivity index (χ0v) is 13.9. The molecule has 3 N–H and O–H groups in total. The van der Waals surface area contributed by atoms with Crippen LogP contribution in [0.5, 0.6) is 0 Å². The van der Waals surface area contributed by atoms with Gasteiger partial charge in [0.05, 0.1) is 24.9 Å². The van der Waals surface area contributed by atoms with Crippen molar-refractivity contribution in [1.29, 1.82) is 0 Å². The van der Waals surface area contributed by atoms with Crippen molar-refractivity contribution in [1.82, 2.24) is 10.6 Å². The summed E-state index contributed by atoms with van der Waals surface area (Å²) in [5.74, 6) is 0.450. The maximum atomic E-state index is 12.0. The molecule has 5 heteroatoms. The molecule has 1 rings (SSSR count). The number of urea groups is 1. The van der Waals surface area contributed by atoms with Crippen LogP contribution in [-0.2, 0) is 4.74 Å². The van der Waals surface area contributed by atoms with Crippen molar-refractivity contribution in [3.63, 3.8) is 0 Å². The first kappa shape index (κ1) is 18.2. The van der Waals surface area contributed by atoms with Crippen LogP contribution in [-0.4, -0.2) is 42.0 Å². The molecule has 0 bridgehead atoms. The fourth-order valence-corrected chi connectivity index (χ4v) is 2.89. The fourth-order valence-electron chi connectivity index (χ4n) is 2.89. The van der Waals surface area contributed by atoms with E-state index in [1.54, 1.807) is 0 Å². The predicted octanol–water partition coefficient (Wildman–Crippen LogP) is 2.43. The molecular weight excluding hydrogens is 268 g/mol. The van der Waals surface area contributed by atoms with E-state index in [2.05, 4.69) is 38.3 Å². The predicted molar refractivity (Wildman–Crippen MR) is 84.3 cm³/mol. The highest BCUT2D eigenvalue weighted by atomic mass is 16.5. The number of rotatable bonds is 7. The maximum absolute atomic E-state index is 12.0. The van der Waals surface area contributed by atoms with Gasteiger partial charge in [0.25, 0.3) is 0 Å². The molecule has 0 aromatic carbocycles. The molecule has 1 atom stereocenters. The van der Waals surface area contributed by atoms with E-state index in [0.29, 0.717) is 12.0 Å². The minimum atomic E-state index is -0.164. The summed E-state index contributed by atoms with van der Waals surface area (Å²) in [4.78, 5) is 12.0. The molecule has 2 amide bonds. The van der Waals surface area contributed by atoms with Gasteiger partial charge in [-0.15, -0.1) is 0 Å². The molecule has 0 aromatic rings. The average molecular weight is 300 g/mol. The smallest absolute Gasteiger partial charge is 0.315 e. The van der Waals surface area contributed by atoms with E-state index in [4.69, 9.17) is 4.74 Å². The van der Waals surface area contributed by atoms with Crippen molar-refractivity contribution in [2.75, 3.05) is 6.61 Å². The zero-order valence-electron chi connectivity index (χ0n) is 13.9. The quantitative estimate of drug-likeness (QED) is 0.676. The lowest BCUT2D eigenvalue weighted by atomic mass is 9.93. The molecule has 1 aliphatic rings. The Morgan fingerprint density at radius 2 is 1.81 bits per heavy atom. The van der Waals surface area contributed by atoms with Crippen LogP contribution >= 0.6 is 0 Å². The molecule has 5 nitrogen and oxygen atoms in total. The Kier molecular flexibility index (Phi) is 8.04. The van der Waals surface area contributed by atoms with Gasteiger partial charge in [-0.2, -0.15) is 0 Å². The van der Waals surface area contributed by atoms with Gasteiger partial charge >= 0.3 is 6.03 Å². The molecule has 0 aromatic heterocycles. The van der Waals surface area contributed by atoms with Crippen LogP contribution in [0.2, 0.25) is 0 Å². The molecule has 0 aliphatic heterocycles. The van der Waals surface area contributed by atoms with E-state index in [1.807, 2.05) is 0 Å². The van der Waals surface area contributed by atoms with Crippen LogP contribution in [0.25, 0.3) is 0 Å². The van der Waals surface area contributed by atoms with Gasteiger partial charge in [0.15, 0.2) is 0 Å². The van der Waals surface area contributed by atoms with Crippen molar-refractivity contribution >= 4 is 6.03 Å². The van der Waals surface area contributed by atoms with Crippen LogP contribution in [0.4, 0.5) is 4.79 Å². The number of aliphatic hydroxyl groups is 1. The molecule has 124 valence electrons. The van der Waals surface area contributed by atoms with Crippen LogP contribution in [0.3, 0.4) is 0 Å². The average Bonchev–Trinajstić information content (AvgIpc) is 2.39. The molecular formula is C16H32N2O3.